The zero-order chi connectivity index (χ0) is 33.8. The molecule has 3 aromatic heterocycles. The first-order valence-corrected chi connectivity index (χ1v) is 17.9. The third kappa shape index (κ3) is 5.14. The van der Waals surface area contributed by atoms with Crippen molar-refractivity contribution in [3.8, 4) is 22.6 Å². The molecule has 2 aliphatic heterocycles. The molecule has 49 heavy (non-hydrogen) atoms. The van der Waals surface area contributed by atoms with Crippen molar-refractivity contribution in [3.63, 3.8) is 0 Å². The Labute approximate surface area is 290 Å². The third-order valence-corrected chi connectivity index (χ3v) is 11.6. The number of carbonyl (C=O) groups is 1. The minimum atomic E-state index is -0.829. The average molecular weight is 689 g/mol. The first-order chi connectivity index (χ1) is 23.9. The number of ether oxygens (including phenoxy) is 3. The van der Waals surface area contributed by atoms with E-state index in [9.17, 15) is 14.9 Å². The Morgan fingerprint density at radius 1 is 1.08 bits per heavy atom. The van der Waals surface area contributed by atoms with Gasteiger partial charge >= 0.3 is 5.97 Å². The Bertz CT molecular complexity index is 2420. The van der Waals surface area contributed by atoms with Gasteiger partial charge in [0.2, 0.25) is 6.79 Å². The summed E-state index contributed by atoms with van der Waals surface area (Å²) in [5, 5.41) is 11.1. The highest BCUT2D eigenvalue weighted by atomic mass is 32.1. The van der Waals surface area contributed by atoms with Gasteiger partial charge in [-0.2, -0.15) is 5.26 Å². The molecular weight excluding hydrogens is 657 g/mol. The number of nitriles is 1. The molecule has 8 rings (SSSR count). The summed E-state index contributed by atoms with van der Waals surface area (Å²) in [4.78, 5) is 35.1. The van der Waals surface area contributed by atoms with E-state index in [0.717, 1.165) is 58.8 Å². The third-order valence-electron chi connectivity index (χ3n) is 9.31. The second-order valence-corrected chi connectivity index (χ2v) is 14.3. The van der Waals surface area contributed by atoms with Gasteiger partial charge in [-0.3, -0.25) is 9.36 Å². The number of hydrogen-bond acceptors (Lipinski definition) is 9. The van der Waals surface area contributed by atoms with Crippen LogP contribution in [0.5, 0.6) is 11.5 Å². The van der Waals surface area contributed by atoms with Crippen LogP contribution in [-0.4, -0.2) is 28.5 Å². The first-order valence-electron chi connectivity index (χ1n) is 16.3. The van der Waals surface area contributed by atoms with Crippen LogP contribution in [0.25, 0.3) is 16.8 Å². The van der Waals surface area contributed by atoms with E-state index < -0.39 is 12.0 Å². The molecule has 0 amide bonds. The normalized spacial score (nSPS) is 16.6. The molecule has 0 spiro atoms. The molecule has 0 bridgehead atoms. The van der Waals surface area contributed by atoms with Gasteiger partial charge in [0.1, 0.15) is 11.1 Å². The molecule has 9 nitrogen and oxygen atoms in total. The van der Waals surface area contributed by atoms with Crippen molar-refractivity contribution in [1.82, 2.24) is 9.13 Å². The van der Waals surface area contributed by atoms with Crippen molar-refractivity contribution < 1.29 is 19.0 Å². The molecule has 0 radical (unpaired) electrons. The van der Waals surface area contributed by atoms with Crippen LogP contribution >= 0.6 is 22.7 Å². The smallest absolute Gasteiger partial charge is 0.338 e. The van der Waals surface area contributed by atoms with E-state index in [-0.39, 0.29) is 24.5 Å². The van der Waals surface area contributed by atoms with E-state index in [1.54, 1.807) is 28.9 Å². The van der Waals surface area contributed by atoms with Crippen molar-refractivity contribution in [2.75, 3.05) is 13.4 Å². The maximum atomic E-state index is 14.5. The summed E-state index contributed by atoms with van der Waals surface area (Å²) in [5.74, 6) is 0.598. The summed E-state index contributed by atoms with van der Waals surface area (Å²) in [6, 6.07) is 18.7. The lowest BCUT2D eigenvalue weighted by Gasteiger charge is -2.26. The number of rotatable bonds is 6. The summed E-state index contributed by atoms with van der Waals surface area (Å²) in [5.41, 5.74) is 6.64. The molecule has 11 heteroatoms. The molecule has 5 aromatic rings. The van der Waals surface area contributed by atoms with E-state index in [2.05, 4.69) is 16.7 Å². The molecule has 3 aliphatic rings. The first kappa shape index (κ1) is 31.1. The number of hydrogen-bond donors (Lipinski definition) is 0. The van der Waals surface area contributed by atoms with E-state index in [1.807, 2.05) is 62.4 Å². The largest absolute Gasteiger partial charge is 0.463 e. The monoisotopic (exact) mass is 688 g/mol. The Morgan fingerprint density at radius 2 is 1.88 bits per heavy atom. The van der Waals surface area contributed by atoms with Gasteiger partial charge in [-0.1, -0.05) is 47.7 Å². The summed E-state index contributed by atoms with van der Waals surface area (Å²) in [6.07, 6.45) is 6.08. The van der Waals surface area contributed by atoms with Gasteiger partial charge in [0.15, 0.2) is 16.3 Å². The summed E-state index contributed by atoms with van der Waals surface area (Å²) in [7, 11) is 0. The number of esters is 1. The van der Waals surface area contributed by atoms with Crippen LogP contribution < -0.4 is 24.4 Å². The molecule has 0 unspecified atom stereocenters. The van der Waals surface area contributed by atoms with Crippen LogP contribution in [0, 0.1) is 25.2 Å². The predicted octanol–water partition coefficient (Wildman–Crippen LogP) is 5.88. The van der Waals surface area contributed by atoms with E-state index >= 15 is 0 Å². The Balaban J connectivity index is 1.33. The highest BCUT2D eigenvalue weighted by molar-refractivity contribution is 7.15. The van der Waals surface area contributed by atoms with Gasteiger partial charge < -0.3 is 18.8 Å². The quantitative estimate of drug-likeness (QED) is 0.206. The van der Waals surface area contributed by atoms with Crippen LogP contribution in [0.3, 0.4) is 0 Å². The molecule has 5 heterocycles. The lowest BCUT2D eigenvalue weighted by molar-refractivity contribution is -0.138. The van der Waals surface area contributed by atoms with Gasteiger partial charge in [-0.05, 0) is 87.4 Å². The summed E-state index contributed by atoms with van der Waals surface area (Å²) >= 11 is 2.99. The number of carbonyl (C=O) groups excluding carboxylic acids is 1. The van der Waals surface area contributed by atoms with Crippen LogP contribution in [-0.2, 0) is 22.4 Å². The maximum Gasteiger partial charge on any atom is 0.338 e. The SMILES string of the molecule is CCOC(=O)C1=C(c2ccccc2)N=c2s/c(=C/c3cc(C)n(-c4sc5c(c4C#N)CCCC5)c3C)c(=O)n2[C@@H]1c1ccc2c(c1)OCO2. The number of fused-ring (bicyclic) bond motifs is 3. The zero-order valence-corrected chi connectivity index (χ0v) is 28.9. The van der Waals surface area contributed by atoms with Crippen molar-refractivity contribution in [3.05, 3.63) is 124 Å². The highest BCUT2D eigenvalue weighted by Gasteiger charge is 2.36. The number of aryl methyl sites for hydroxylation is 2. The van der Waals surface area contributed by atoms with Crippen molar-refractivity contribution >= 4 is 40.4 Å². The number of nitrogens with zero attached hydrogens (tertiary/aromatic N) is 4. The molecule has 0 saturated heterocycles. The number of thiazole rings is 1. The summed E-state index contributed by atoms with van der Waals surface area (Å²) in [6.45, 7) is 6.08. The second-order valence-electron chi connectivity index (χ2n) is 12.2. The minimum Gasteiger partial charge on any atom is -0.463 e. The molecule has 1 atom stereocenters. The highest BCUT2D eigenvalue weighted by Crippen LogP contribution is 2.41. The van der Waals surface area contributed by atoms with Crippen LogP contribution in [0.1, 0.15) is 69.9 Å². The van der Waals surface area contributed by atoms with Gasteiger partial charge in [0, 0.05) is 21.8 Å². The van der Waals surface area contributed by atoms with Gasteiger partial charge in [0.05, 0.1) is 34.0 Å². The molecular formula is C38H32N4O5S2. The number of thiophene rings is 1. The molecule has 0 fully saturated rings. The lowest BCUT2D eigenvalue weighted by Crippen LogP contribution is -2.40. The number of aromatic nitrogens is 2. The second kappa shape index (κ2) is 12.4. The fraction of sp³-hybridized carbons (Fsp3) is 0.263. The average Bonchev–Trinajstić information content (AvgIpc) is 3.87. The van der Waals surface area contributed by atoms with E-state index in [1.165, 1.54) is 21.8 Å². The lowest BCUT2D eigenvalue weighted by atomic mass is 9.93. The van der Waals surface area contributed by atoms with Crippen molar-refractivity contribution in [2.24, 2.45) is 4.99 Å². The molecule has 2 aromatic carbocycles. The standard InChI is InChI=1S/C38H32N4O5S2/c1-4-45-37(44)32-33(23-10-6-5-7-11-23)40-38-42(34(32)24-14-15-28-29(17-24)47-20-46-28)35(43)31(49-38)18-25-16-21(2)41(22(25)3)36-27(19-39)26-12-8-9-13-30(26)48-36/h5-7,10-11,14-18,34H,4,8-9,12-13,20H2,1-3H3/b31-18+/t34-/m1/s1. The molecule has 0 N–H and O–H groups in total. The molecule has 1 aliphatic carbocycles. The van der Waals surface area contributed by atoms with Gasteiger partial charge in [-0.25, -0.2) is 9.79 Å². The number of benzene rings is 2. The van der Waals surface area contributed by atoms with E-state index in [4.69, 9.17) is 19.2 Å². The fourth-order valence-corrected chi connectivity index (χ4v) is 9.49. The Hall–Kier alpha value is -5.18. The van der Waals surface area contributed by atoms with Crippen molar-refractivity contribution in [2.45, 2.75) is 52.5 Å². The van der Waals surface area contributed by atoms with E-state index in [0.29, 0.717) is 32.1 Å². The molecule has 0 saturated carbocycles. The predicted molar refractivity (Wildman–Crippen MR) is 188 cm³/mol. The summed E-state index contributed by atoms with van der Waals surface area (Å²) < 4.78 is 21.1. The molecule has 246 valence electrons. The maximum absolute atomic E-state index is 14.5. The van der Waals surface area contributed by atoms with Gasteiger partial charge in [-0.15, -0.1) is 11.3 Å². The van der Waals surface area contributed by atoms with Crippen LogP contribution in [0.2, 0.25) is 0 Å². The van der Waals surface area contributed by atoms with Gasteiger partial charge in [0.25, 0.3) is 5.56 Å². The van der Waals surface area contributed by atoms with Crippen LogP contribution in [0.4, 0.5) is 0 Å². The van der Waals surface area contributed by atoms with Crippen LogP contribution in [0.15, 0.2) is 70.0 Å². The minimum absolute atomic E-state index is 0.0970. The topological polar surface area (TPSA) is 108 Å². The van der Waals surface area contributed by atoms with Crippen molar-refractivity contribution in [1.29, 1.82) is 5.26 Å². The Morgan fingerprint density at radius 3 is 2.67 bits per heavy atom. The Kier molecular flexibility index (Phi) is 7.85. The fourth-order valence-electron chi connectivity index (χ4n) is 7.05. The zero-order valence-electron chi connectivity index (χ0n) is 27.2.